The van der Waals surface area contributed by atoms with Crippen LogP contribution in [-0.2, 0) is 6.42 Å². The van der Waals surface area contributed by atoms with Crippen molar-refractivity contribution in [2.75, 3.05) is 0 Å². The summed E-state index contributed by atoms with van der Waals surface area (Å²) < 4.78 is 24.9. The van der Waals surface area contributed by atoms with Crippen LogP contribution < -0.4 is 5.56 Å². The van der Waals surface area contributed by atoms with Gasteiger partial charge in [0, 0.05) is 17.3 Å². The first-order chi connectivity index (χ1) is 7.47. The van der Waals surface area contributed by atoms with E-state index in [0.29, 0.717) is 6.07 Å². The van der Waals surface area contributed by atoms with Gasteiger partial charge in [0.15, 0.2) is 0 Å². The fourth-order valence-electron chi connectivity index (χ4n) is 1.13. The number of H-pyrrole nitrogens is 1. The van der Waals surface area contributed by atoms with Crippen molar-refractivity contribution in [3.8, 4) is 6.07 Å². The van der Waals surface area contributed by atoms with Gasteiger partial charge in [-0.25, -0.2) is 8.78 Å². The predicted molar refractivity (Wildman–Crippen MR) is 48.0 cm³/mol. The second-order valence-electron chi connectivity index (χ2n) is 2.81. The SMILES string of the molecule is N#CCc1[nH]c(=O)c([N+](=O)[O-])cc1C(F)F. The zero-order valence-corrected chi connectivity index (χ0v) is 7.74. The topological polar surface area (TPSA) is 99.8 Å². The predicted octanol–water partition coefficient (Wildman–Crippen LogP) is 1.29. The first-order valence-electron chi connectivity index (χ1n) is 4.03. The number of rotatable bonds is 3. The normalized spacial score (nSPS) is 10.1. The summed E-state index contributed by atoms with van der Waals surface area (Å²) in [6.07, 6.45) is -3.42. The van der Waals surface area contributed by atoms with Crippen LogP contribution in [-0.4, -0.2) is 9.91 Å². The third kappa shape index (κ3) is 2.20. The van der Waals surface area contributed by atoms with Crippen molar-refractivity contribution >= 4 is 5.69 Å². The lowest BCUT2D eigenvalue weighted by atomic mass is 10.1. The van der Waals surface area contributed by atoms with Gasteiger partial charge >= 0.3 is 11.2 Å². The van der Waals surface area contributed by atoms with E-state index in [-0.39, 0.29) is 5.69 Å². The molecule has 0 unspecified atom stereocenters. The third-order valence-electron chi connectivity index (χ3n) is 1.83. The zero-order valence-electron chi connectivity index (χ0n) is 7.74. The molecule has 0 saturated heterocycles. The second kappa shape index (κ2) is 4.48. The number of nitrogens with one attached hydrogen (secondary N) is 1. The Morgan fingerprint density at radius 1 is 1.62 bits per heavy atom. The summed E-state index contributed by atoms with van der Waals surface area (Å²) in [5.74, 6) is 0. The standard InChI is InChI=1S/C8H5F2N3O3/c9-7(10)4-3-6(13(15)16)8(14)12-5(4)1-2-11/h3,7H,1H2,(H,12,14). The van der Waals surface area contributed by atoms with Crippen LogP contribution in [0.1, 0.15) is 17.7 Å². The number of pyridine rings is 1. The van der Waals surface area contributed by atoms with E-state index in [1.54, 1.807) is 6.07 Å². The van der Waals surface area contributed by atoms with E-state index < -0.39 is 34.6 Å². The Morgan fingerprint density at radius 3 is 2.69 bits per heavy atom. The molecule has 1 aromatic heterocycles. The van der Waals surface area contributed by atoms with Crippen molar-refractivity contribution in [2.24, 2.45) is 0 Å². The highest BCUT2D eigenvalue weighted by molar-refractivity contribution is 5.36. The van der Waals surface area contributed by atoms with Gasteiger partial charge in [0.05, 0.1) is 17.4 Å². The Balaban J connectivity index is 3.44. The summed E-state index contributed by atoms with van der Waals surface area (Å²) in [6, 6.07) is 2.08. The second-order valence-corrected chi connectivity index (χ2v) is 2.81. The fraction of sp³-hybridized carbons (Fsp3) is 0.250. The number of hydrogen-bond donors (Lipinski definition) is 1. The zero-order chi connectivity index (χ0) is 12.3. The Kier molecular flexibility index (Phi) is 3.30. The lowest BCUT2D eigenvalue weighted by Gasteiger charge is -2.04. The van der Waals surface area contributed by atoms with Gasteiger partial charge in [0.25, 0.3) is 6.43 Å². The molecular weight excluding hydrogens is 224 g/mol. The molecule has 84 valence electrons. The van der Waals surface area contributed by atoms with Crippen LogP contribution in [0.2, 0.25) is 0 Å². The maximum atomic E-state index is 12.5. The monoisotopic (exact) mass is 229 g/mol. The third-order valence-corrected chi connectivity index (χ3v) is 1.83. The molecule has 0 saturated carbocycles. The van der Waals surface area contributed by atoms with Crippen LogP contribution in [0.5, 0.6) is 0 Å². The van der Waals surface area contributed by atoms with Crippen molar-refractivity contribution in [1.29, 1.82) is 5.26 Å². The van der Waals surface area contributed by atoms with E-state index in [2.05, 4.69) is 0 Å². The lowest BCUT2D eigenvalue weighted by molar-refractivity contribution is -0.386. The molecule has 0 aliphatic carbocycles. The molecular formula is C8H5F2N3O3. The molecule has 0 radical (unpaired) electrons. The molecule has 1 aromatic rings. The van der Waals surface area contributed by atoms with Crippen LogP contribution in [0.3, 0.4) is 0 Å². The van der Waals surface area contributed by atoms with Gasteiger partial charge in [-0.3, -0.25) is 14.9 Å². The maximum absolute atomic E-state index is 12.5. The summed E-state index contributed by atoms with van der Waals surface area (Å²) in [6.45, 7) is 0. The molecule has 1 N–H and O–H groups in total. The number of nitrogens with zero attached hydrogens (tertiary/aromatic N) is 2. The fourth-order valence-corrected chi connectivity index (χ4v) is 1.13. The largest absolute Gasteiger partial charge is 0.334 e. The van der Waals surface area contributed by atoms with Gasteiger partial charge in [0.1, 0.15) is 0 Å². The molecule has 0 spiro atoms. The van der Waals surface area contributed by atoms with Gasteiger partial charge in [-0.2, -0.15) is 5.26 Å². The Hall–Kier alpha value is -2.30. The Labute approximate surface area is 87.3 Å². The van der Waals surface area contributed by atoms with Crippen LogP contribution in [0.15, 0.2) is 10.9 Å². The molecule has 0 bridgehead atoms. The van der Waals surface area contributed by atoms with Crippen molar-refractivity contribution in [3.63, 3.8) is 0 Å². The summed E-state index contributed by atoms with van der Waals surface area (Å²) in [7, 11) is 0. The first-order valence-corrected chi connectivity index (χ1v) is 4.03. The molecule has 1 heterocycles. The van der Waals surface area contributed by atoms with Gasteiger partial charge in [-0.05, 0) is 0 Å². The van der Waals surface area contributed by atoms with Crippen molar-refractivity contribution < 1.29 is 13.7 Å². The molecule has 16 heavy (non-hydrogen) atoms. The minimum Gasteiger partial charge on any atom is -0.319 e. The van der Waals surface area contributed by atoms with Crippen molar-refractivity contribution in [1.82, 2.24) is 4.98 Å². The number of aromatic amines is 1. The van der Waals surface area contributed by atoms with E-state index in [0.717, 1.165) is 0 Å². The quantitative estimate of drug-likeness (QED) is 0.623. The van der Waals surface area contributed by atoms with Gasteiger partial charge < -0.3 is 4.98 Å². The molecule has 6 nitrogen and oxygen atoms in total. The van der Waals surface area contributed by atoms with E-state index in [1.807, 2.05) is 4.98 Å². The summed E-state index contributed by atoms with van der Waals surface area (Å²) in [5.41, 5.74) is -3.06. The number of nitro groups is 1. The Bertz CT molecular complexity index is 518. The highest BCUT2D eigenvalue weighted by atomic mass is 19.3. The first kappa shape index (κ1) is 11.8. The number of hydrogen-bond acceptors (Lipinski definition) is 4. The molecule has 0 amide bonds. The average molecular weight is 229 g/mol. The summed E-state index contributed by atoms with van der Waals surface area (Å²) in [5, 5.41) is 18.7. The molecule has 0 aromatic carbocycles. The molecule has 0 aliphatic rings. The van der Waals surface area contributed by atoms with Crippen LogP contribution >= 0.6 is 0 Å². The molecule has 8 heteroatoms. The van der Waals surface area contributed by atoms with Gasteiger partial charge in [0.2, 0.25) is 0 Å². The lowest BCUT2D eigenvalue weighted by Crippen LogP contribution is -2.16. The van der Waals surface area contributed by atoms with Crippen molar-refractivity contribution in [2.45, 2.75) is 12.8 Å². The van der Waals surface area contributed by atoms with E-state index in [4.69, 9.17) is 5.26 Å². The maximum Gasteiger partial charge on any atom is 0.334 e. The number of alkyl halides is 2. The summed E-state index contributed by atoms with van der Waals surface area (Å²) >= 11 is 0. The van der Waals surface area contributed by atoms with Crippen LogP contribution in [0, 0.1) is 21.4 Å². The molecule has 1 rings (SSSR count). The molecule has 0 aliphatic heterocycles. The average Bonchev–Trinajstić information content (AvgIpc) is 2.17. The molecule has 0 atom stereocenters. The van der Waals surface area contributed by atoms with Crippen LogP contribution in [0.4, 0.5) is 14.5 Å². The Morgan fingerprint density at radius 2 is 2.25 bits per heavy atom. The van der Waals surface area contributed by atoms with E-state index >= 15 is 0 Å². The van der Waals surface area contributed by atoms with E-state index in [1.165, 1.54) is 0 Å². The number of aromatic nitrogens is 1. The smallest absolute Gasteiger partial charge is 0.319 e. The minimum atomic E-state index is -2.99. The minimum absolute atomic E-state index is 0.298. The van der Waals surface area contributed by atoms with Crippen molar-refractivity contribution in [3.05, 3.63) is 37.8 Å². The number of halogens is 2. The highest BCUT2D eigenvalue weighted by Crippen LogP contribution is 2.23. The highest BCUT2D eigenvalue weighted by Gasteiger charge is 2.21. The van der Waals surface area contributed by atoms with Crippen LogP contribution in [0.25, 0.3) is 0 Å². The summed E-state index contributed by atoms with van der Waals surface area (Å²) in [4.78, 5) is 22.3. The van der Waals surface area contributed by atoms with Gasteiger partial charge in [-0.1, -0.05) is 0 Å². The van der Waals surface area contributed by atoms with E-state index in [9.17, 15) is 23.7 Å². The molecule has 0 fully saturated rings. The number of nitriles is 1. The van der Waals surface area contributed by atoms with Gasteiger partial charge in [-0.15, -0.1) is 0 Å².